The minimum absolute atomic E-state index is 0.0834. The third kappa shape index (κ3) is 2.67. The van der Waals surface area contributed by atoms with Crippen LogP contribution in [0, 0.1) is 0 Å². The van der Waals surface area contributed by atoms with Gasteiger partial charge in [0.2, 0.25) is 0 Å². The van der Waals surface area contributed by atoms with Crippen molar-refractivity contribution in [2.24, 2.45) is 0 Å². The van der Waals surface area contributed by atoms with Gasteiger partial charge < -0.3 is 9.84 Å². The molecule has 2 rings (SSSR count). The average Bonchev–Trinajstić information content (AvgIpc) is 2.29. The van der Waals surface area contributed by atoms with Crippen LogP contribution in [0.3, 0.4) is 0 Å². The fourth-order valence-corrected chi connectivity index (χ4v) is 1.28. The summed E-state index contributed by atoms with van der Waals surface area (Å²) < 4.78 is 5.25. The summed E-state index contributed by atoms with van der Waals surface area (Å²) in [5.41, 5.74) is -0.0834. The second kappa shape index (κ2) is 4.75. The Labute approximate surface area is 101 Å². The van der Waals surface area contributed by atoms with Gasteiger partial charge in [-0.05, 0) is 6.07 Å². The van der Waals surface area contributed by atoms with E-state index in [-0.39, 0.29) is 11.4 Å². The Morgan fingerprint density at radius 2 is 2.24 bits per heavy atom. The van der Waals surface area contributed by atoms with Crippen LogP contribution in [0.5, 0.6) is 11.6 Å². The molecule has 1 N–H and O–H groups in total. The molecule has 6 nitrogen and oxygen atoms in total. The summed E-state index contributed by atoms with van der Waals surface area (Å²) in [4.78, 5) is 14.7. The zero-order valence-electron chi connectivity index (χ0n) is 8.37. The van der Waals surface area contributed by atoms with E-state index < -0.39 is 5.97 Å². The van der Waals surface area contributed by atoms with E-state index in [2.05, 4.69) is 15.2 Å². The predicted octanol–water partition coefficient (Wildman–Crippen LogP) is 2.02. The van der Waals surface area contributed by atoms with Gasteiger partial charge in [-0.15, -0.1) is 5.10 Å². The van der Waals surface area contributed by atoms with Gasteiger partial charge in [0.1, 0.15) is 11.3 Å². The number of hydrogen-bond acceptors (Lipinski definition) is 5. The van der Waals surface area contributed by atoms with Gasteiger partial charge >= 0.3 is 5.97 Å². The Kier molecular flexibility index (Phi) is 3.15. The SMILES string of the molecule is O=C(O)c1ccnnc1Oc1cncc(Cl)c1. The second-order valence-corrected chi connectivity index (χ2v) is 3.43. The van der Waals surface area contributed by atoms with Crippen LogP contribution in [0.1, 0.15) is 10.4 Å². The highest BCUT2D eigenvalue weighted by atomic mass is 35.5. The molecule has 0 aliphatic carbocycles. The number of halogens is 1. The first kappa shape index (κ1) is 11.3. The van der Waals surface area contributed by atoms with Crippen molar-refractivity contribution in [1.29, 1.82) is 0 Å². The summed E-state index contributed by atoms with van der Waals surface area (Å²) >= 11 is 5.72. The maximum Gasteiger partial charge on any atom is 0.341 e. The molecule has 0 radical (unpaired) electrons. The summed E-state index contributed by atoms with van der Waals surface area (Å²) in [6.07, 6.45) is 4.10. The van der Waals surface area contributed by atoms with Gasteiger partial charge in [-0.1, -0.05) is 11.6 Å². The third-order valence-corrected chi connectivity index (χ3v) is 2.02. The maximum absolute atomic E-state index is 10.9. The lowest BCUT2D eigenvalue weighted by molar-refractivity contribution is 0.0693. The molecule has 2 aromatic rings. The zero-order chi connectivity index (χ0) is 12.3. The molecule has 0 bridgehead atoms. The van der Waals surface area contributed by atoms with Crippen molar-refractivity contribution in [1.82, 2.24) is 15.2 Å². The first-order chi connectivity index (χ1) is 8.16. The number of ether oxygens (including phenoxy) is 1. The van der Waals surface area contributed by atoms with E-state index in [9.17, 15) is 4.79 Å². The van der Waals surface area contributed by atoms with Crippen LogP contribution in [-0.2, 0) is 0 Å². The van der Waals surface area contributed by atoms with Crippen LogP contribution < -0.4 is 4.74 Å². The number of carboxylic acid groups (broad SMARTS) is 1. The molecule has 86 valence electrons. The van der Waals surface area contributed by atoms with E-state index in [1.165, 1.54) is 30.7 Å². The second-order valence-electron chi connectivity index (χ2n) is 3.00. The molecule has 0 aliphatic heterocycles. The molecule has 2 aromatic heterocycles. The van der Waals surface area contributed by atoms with E-state index in [0.717, 1.165) is 0 Å². The molecule has 0 aromatic carbocycles. The molecule has 0 unspecified atom stereocenters. The summed E-state index contributed by atoms with van der Waals surface area (Å²) in [5.74, 6) is -0.963. The van der Waals surface area contributed by atoms with E-state index in [1.807, 2.05) is 0 Å². The largest absolute Gasteiger partial charge is 0.477 e. The molecule has 0 spiro atoms. The summed E-state index contributed by atoms with van der Waals surface area (Å²) in [6, 6.07) is 2.79. The molecule has 0 saturated carbocycles. The molecule has 7 heteroatoms. The molecule has 2 heterocycles. The fourth-order valence-electron chi connectivity index (χ4n) is 1.12. The Bertz CT molecular complexity index is 562. The Hall–Kier alpha value is -2.21. The average molecular weight is 252 g/mol. The first-order valence-electron chi connectivity index (χ1n) is 4.50. The van der Waals surface area contributed by atoms with Crippen molar-refractivity contribution in [3.63, 3.8) is 0 Å². The number of pyridine rings is 1. The number of aromatic carboxylic acids is 1. The number of carbonyl (C=O) groups is 1. The number of carboxylic acids is 1. The van der Waals surface area contributed by atoms with Crippen LogP contribution in [0.2, 0.25) is 5.02 Å². The Morgan fingerprint density at radius 1 is 1.41 bits per heavy atom. The lowest BCUT2D eigenvalue weighted by atomic mass is 10.3. The normalized spacial score (nSPS) is 9.94. The number of aromatic nitrogens is 3. The quantitative estimate of drug-likeness (QED) is 0.898. The Morgan fingerprint density at radius 3 is 2.94 bits per heavy atom. The van der Waals surface area contributed by atoms with Gasteiger partial charge in [0.05, 0.1) is 17.4 Å². The molecular formula is C10H6ClN3O3. The van der Waals surface area contributed by atoms with Crippen LogP contribution >= 0.6 is 11.6 Å². The minimum atomic E-state index is -1.15. The summed E-state index contributed by atoms with van der Waals surface area (Å²) in [7, 11) is 0. The van der Waals surface area contributed by atoms with E-state index in [4.69, 9.17) is 21.4 Å². The summed E-state index contributed by atoms with van der Waals surface area (Å²) in [5, 5.41) is 16.4. The third-order valence-electron chi connectivity index (χ3n) is 1.81. The topological polar surface area (TPSA) is 85.2 Å². The van der Waals surface area contributed by atoms with Gasteiger partial charge in [-0.2, -0.15) is 5.10 Å². The number of hydrogen-bond donors (Lipinski definition) is 1. The fraction of sp³-hybridized carbons (Fsp3) is 0. The highest BCUT2D eigenvalue weighted by Gasteiger charge is 2.13. The smallest absolute Gasteiger partial charge is 0.341 e. The zero-order valence-corrected chi connectivity index (χ0v) is 9.13. The molecule has 17 heavy (non-hydrogen) atoms. The molecule has 0 atom stereocenters. The van der Waals surface area contributed by atoms with Gasteiger partial charge in [0, 0.05) is 12.3 Å². The highest BCUT2D eigenvalue weighted by Crippen LogP contribution is 2.23. The maximum atomic E-state index is 10.9. The molecule has 0 amide bonds. The summed E-state index contributed by atoms with van der Waals surface area (Å²) in [6.45, 7) is 0. The van der Waals surface area contributed by atoms with E-state index in [1.54, 1.807) is 0 Å². The van der Waals surface area contributed by atoms with Gasteiger partial charge in [-0.3, -0.25) is 4.98 Å². The standard InChI is InChI=1S/C10H6ClN3O3/c11-6-3-7(5-12-4-6)17-9-8(10(15)16)1-2-13-14-9/h1-5H,(H,15,16). The lowest BCUT2D eigenvalue weighted by Gasteiger charge is -2.05. The van der Waals surface area contributed by atoms with Crippen molar-refractivity contribution >= 4 is 17.6 Å². The van der Waals surface area contributed by atoms with Crippen molar-refractivity contribution in [3.8, 4) is 11.6 Å². The molecule has 0 aliphatic rings. The van der Waals surface area contributed by atoms with E-state index >= 15 is 0 Å². The van der Waals surface area contributed by atoms with Crippen molar-refractivity contribution in [2.75, 3.05) is 0 Å². The van der Waals surface area contributed by atoms with Crippen LogP contribution in [0.25, 0.3) is 0 Å². The number of nitrogens with zero attached hydrogens (tertiary/aromatic N) is 3. The van der Waals surface area contributed by atoms with Gasteiger partial charge in [0.15, 0.2) is 0 Å². The monoisotopic (exact) mass is 251 g/mol. The molecule has 0 fully saturated rings. The van der Waals surface area contributed by atoms with Crippen molar-refractivity contribution < 1.29 is 14.6 Å². The van der Waals surface area contributed by atoms with Gasteiger partial charge in [0.25, 0.3) is 5.88 Å². The van der Waals surface area contributed by atoms with Gasteiger partial charge in [-0.25, -0.2) is 4.79 Å². The first-order valence-corrected chi connectivity index (χ1v) is 4.88. The van der Waals surface area contributed by atoms with Crippen LogP contribution in [0.4, 0.5) is 0 Å². The van der Waals surface area contributed by atoms with Crippen molar-refractivity contribution in [2.45, 2.75) is 0 Å². The highest BCUT2D eigenvalue weighted by molar-refractivity contribution is 6.30. The van der Waals surface area contributed by atoms with Crippen LogP contribution in [0.15, 0.2) is 30.7 Å². The molecular weight excluding hydrogens is 246 g/mol. The predicted molar refractivity (Wildman–Crippen MR) is 58.3 cm³/mol. The lowest BCUT2D eigenvalue weighted by Crippen LogP contribution is -2.02. The van der Waals surface area contributed by atoms with Crippen LogP contribution in [-0.4, -0.2) is 26.3 Å². The van der Waals surface area contributed by atoms with Crippen molar-refractivity contribution in [3.05, 3.63) is 41.3 Å². The number of rotatable bonds is 3. The minimum Gasteiger partial charge on any atom is -0.477 e. The van der Waals surface area contributed by atoms with E-state index in [0.29, 0.717) is 10.8 Å². The molecule has 0 saturated heterocycles. The Balaban J connectivity index is 2.33.